The van der Waals surface area contributed by atoms with Crippen molar-refractivity contribution < 1.29 is 14.0 Å². The van der Waals surface area contributed by atoms with Crippen LogP contribution in [0.4, 0.5) is 10.5 Å². The Labute approximate surface area is 132 Å². The predicted octanol–water partition coefficient (Wildman–Crippen LogP) is 4.39. The van der Waals surface area contributed by atoms with Crippen molar-refractivity contribution in [2.24, 2.45) is 0 Å². The van der Waals surface area contributed by atoms with Gasteiger partial charge in [0.15, 0.2) is 0 Å². The van der Waals surface area contributed by atoms with E-state index < -0.39 is 0 Å². The molecule has 0 radical (unpaired) electrons. The first-order valence-corrected chi connectivity index (χ1v) is 7.51. The highest BCUT2D eigenvalue weighted by Crippen LogP contribution is 2.34. The summed E-state index contributed by atoms with van der Waals surface area (Å²) in [5, 5.41) is -0.286. The Hall–Kier alpha value is -2.53. The fourth-order valence-electron chi connectivity index (χ4n) is 2.01. The second kappa shape index (κ2) is 6.07. The van der Waals surface area contributed by atoms with Gasteiger partial charge in [-0.1, -0.05) is 23.8 Å². The SMILES string of the molecule is Cc1ccc(N2C(=O)SC(=CC=Cc3ccco3)C2=O)cc1. The Morgan fingerprint density at radius 1 is 1.14 bits per heavy atom. The monoisotopic (exact) mass is 311 g/mol. The normalized spacial score (nSPS) is 17.1. The first-order valence-electron chi connectivity index (χ1n) is 6.70. The van der Waals surface area contributed by atoms with Crippen LogP contribution >= 0.6 is 11.8 Å². The van der Waals surface area contributed by atoms with Gasteiger partial charge in [-0.3, -0.25) is 9.59 Å². The van der Waals surface area contributed by atoms with Crippen molar-refractivity contribution in [1.29, 1.82) is 0 Å². The van der Waals surface area contributed by atoms with Crippen LogP contribution in [0.5, 0.6) is 0 Å². The predicted molar refractivity (Wildman–Crippen MR) is 87.5 cm³/mol. The molecule has 2 aromatic rings. The van der Waals surface area contributed by atoms with Crippen LogP contribution in [0.15, 0.2) is 64.1 Å². The van der Waals surface area contributed by atoms with E-state index in [2.05, 4.69) is 0 Å². The molecule has 4 nitrogen and oxygen atoms in total. The number of hydrogen-bond donors (Lipinski definition) is 0. The minimum atomic E-state index is -0.303. The van der Waals surface area contributed by atoms with E-state index in [9.17, 15) is 9.59 Å². The molecule has 2 amide bonds. The number of rotatable bonds is 3. The lowest BCUT2D eigenvalue weighted by Gasteiger charge is -2.12. The lowest BCUT2D eigenvalue weighted by molar-refractivity contribution is -0.113. The van der Waals surface area contributed by atoms with Gasteiger partial charge in [0.25, 0.3) is 11.1 Å². The largest absolute Gasteiger partial charge is 0.465 e. The van der Waals surface area contributed by atoms with Crippen LogP contribution in [0, 0.1) is 6.92 Å². The molecule has 0 bridgehead atoms. The average molecular weight is 311 g/mol. The van der Waals surface area contributed by atoms with E-state index in [0.29, 0.717) is 16.4 Å². The minimum absolute atomic E-state index is 0.286. The second-order valence-electron chi connectivity index (χ2n) is 4.75. The number of aryl methyl sites for hydroxylation is 1. The van der Waals surface area contributed by atoms with Gasteiger partial charge in [0.1, 0.15) is 5.76 Å². The van der Waals surface area contributed by atoms with Crippen molar-refractivity contribution in [3.8, 4) is 0 Å². The quantitative estimate of drug-likeness (QED) is 0.789. The molecule has 110 valence electrons. The molecule has 0 saturated carbocycles. The fraction of sp³-hybridized carbons (Fsp3) is 0.0588. The second-order valence-corrected chi connectivity index (χ2v) is 5.74. The van der Waals surface area contributed by atoms with Crippen LogP contribution < -0.4 is 4.90 Å². The molecule has 22 heavy (non-hydrogen) atoms. The van der Waals surface area contributed by atoms with Gasteiger partial charge in [-0.05, 0) is 55.1 Å². The standard InChI is InChI=1S/C17H13NO3S/c1-12-7-9-13(10-8-12)18-16(19)15(22-17(18)20)6-2-4-14-5-3-11-21-14/h2-11H,1H3. The van der Waals surface area contributed by atoms with Gasteiger partial charge in [0, 0.05) is 0 Å². The molecule has 0 spiro atoms. The van der Waals surface area contributed by atoms with E-state index >= 15 is 0 Å². The molecule has 3 rings (SSSR count). The lowest BCUT2D eigenvalue weighted by atomic mass is 10.2. The highest BCUT2D eigenvalue weighted by atomic mass is 32.2. The third-order valence-electron chi connectivity index (χ3n) is 3.14. The highest BCUT2D eigenvalue weighted by molar-refractivity contribution is 8.18. The van der Waals surface area contributed by atoms with Crippen LogP contribution in [0.25, 0.3) is 6.08 Å². The van der Waals surface area contributed by atoms with Crippen LogP contribution in [0.3, 0.4) is 0 Å². The number of amides is 2. The lowest BCUT2D eigenvalue weighted by Crippen LogP contribution is -2.27. The molecule has 1 aliphatic heterocycles. The maximum atomic E-state index is 12.4. The molecule has 0 atom stereocenters. The number of carbonyl (C=O) groups is 2. The number of benzene rings is 1. The Kier molecular flexibility index (Phi) is 3.98. The zero-order chi connectivity index (χ0) is 15.5. The van der Waals surface area contributed by atoms with Gasteiger partial charge in [0.05, 0.1) is 16.9 Å². The molecule has 0 aliphatic carbocycles. The van der Waals surface area contributed by atoms with Gasteiger partial charge >= 0.3 is 0 Å². The number of hydrogen-bond acceptors (Lipinski definition) is 4. The van der Waals surface area contributed by atoms with E-state index in [-0.39, 0.29) is 11.1 Å². The summed E-state index contributed by atoms with van der Waals surface area (Å²) in [5.41, 5.74) is 1.67. The Morgan fingerprint density at radius 2 is 1.91 bits per heavy atom. The van der Waals surface area contributed by atoms with E-state index in [1.54, 1.807) is 42.7 Å². The van der Waals surface area contributed by atoms with Gasteiger partial charge in [0.2, 0.25) is 0 Å². The van der Waals surface area contributed by atoms with Crippen molar-refractivity contribution in [3.63, 3.8) is 0 Å². The summed E-state index contributed by atoms with van der Waals surface area (Å²) in [5.74, 6) is 0.386. The van der Waals surface area contributed by atoms with E-state index in [1.165, 1.54) is 4.90 Å². The first kappa shape index (κ1) is 14.4. The topological polar surface area (TPSA) is 50.5 Å². The fourth-order valence-corrected chi connectivity index (χ4v) is 2.81. The molecule has 0 N–H and O–H groups in total. The maximum Gasteiger partial charge on any atom is 0.298 e. The number of furan rings is 1. The van der Waals surface area contributed by atoms with E-state index in [0.717, 1.165) is 17.3 Å². The van der Waals surface area contributed by atoms with Crippen molar-refractivity contribution in [3.05, 3.63) is 71.0 Å². The Balaban J connectivity index is 1.80. The summed E-state index contributed by atoms with van der Waals surface area (Å²) in [6, 6.07) is 10.9. The zero-order valence-corrected chi connectivity index (χ0v) is 12.7. The van der Waals surface area contributed by atoms with E-state index in [1.807, 2.05) is 25.1 Å². The van der Waals surface area contributed by atoms with Crippen LogP contribution in [-0.2, 0) is 4.79 Å². The van der Waals surface area contributed by atoms with Crippen molar-refractivity contribution in [1.82, 2.24) is 0 Å². The summed E-state index contributed by atoms with van der Waals surface area (Å²) in [4.78, 5) is 26.0. The maximum absolute atomic E-state index is 12.4. The summed E-state index contributed by atoms with van der Waals surface area (Å²) in [6.07, 6.45) is 6.64. The third-order valence-corrected chi connectivity index (χ3v) is 4.02. The molecular weight excluding hydrogens is 298 g/mol. The number of nitrogens with zero attached hydrogens (tertiary/aromatic N) is 1. The van der Waals surface area contributed by atoms with Gasteiger partial charge in [-0.2, -0.15) is 0 Å². The van der Waals surface area contributed by atoms with Crippen LogP contribution in [0.1, 0.15) is 11.3 Å². The molecule has 5 heteroatoms. The molecule has 1 aliphatic rings. The number of allylic oxidation sites excluding steroid dienone is 2. The molecule has 1 aromatic carbocycles. The number of imide groups is 1. The average Bonchev–Trinajstić information content (AvgIpc) is 3.10. The van der Waals surface area contributed by atoms with Gasteiger partial charge in [-0.25, -0.2) is 4.90 Å². The van der Waals surface area contributed by atoms with Gasteiger partial charge in [-0.15, -0.1) is 0 Å². The summed E-state index contributed by atoms with van der Waals surface area (Å²) in [7, 11) is 0. The summed E-state index contributed by atoms with van der Waals surface area (Å²) in [6.45, 7) is 1.96. The molecule has 2 heterocycles. The van der Waals surface area contributed by atoms with Gasteiger partial charge < -0.3 is 4.42 Å². The molecule has 0 unspecified atom stereocenters. The Morgan fingerprint density at radius 3 is 2.59 bits per heavy atom. The highest BCUT2D eigenvalue weighted by Gasteiger charge is 2.35. The third kappa shape index (κ3) is 2.89. The molecular formula is C17H13NO3S. The van der Waals surface area contributed by atoms with Crippen molar-refractivity contribution in [2.45, 2.75) is 6.92 Å². The Bertz CT molecular complexity index is 758. The number of thioether (sulfide) groups is 1. The van der Waals surface area contributed by atoms with Crippen molar-refractivity contribution >= 4 is 34.7 Å². The summed E-state index contributed by atoms with van der Waals surface area (Å²) >= 11 is 0.935. The first-order chi connectivity index (χ1) is 10.6. The number of carbonyl (C=O) groups excluding carboxylic acids is 2. The van der Waals surface area contributed by atoms with E-state index in [4.69, 9.17) is 4.42 Å². The number of anilines is 1. The molecule has 1 fully saturated rings. The zero-order valence-electron chi connectivity index (χ0n) is 11.9. The molecule has 1 saturated heterocycles. The smallest absolute Gasteiger partial charge is 0.298 e. The van der Waals surface area contributed by atoms with Crippen molar-refractivity contribution in [2.75, 3.05) is 4.90 Å². The van der Waals surface area contributed by atoms with Crippen LogP contribution in [0.2, 0.25) is 0 Å². The molecule has 1 aromatic heterocycles. The minimum Gasteiger partial charge on any atom is -0.465 e. The summed E-state index contributed by atoms with van der Waals surface area (Å²) < 4.78 is 5.16. The van der Waals surface area contributed by atoms with Crippen LogP contribution in [-0.4, -0.2) is 11.1 Å².